The molecule has 1 aromatic heterocycles. The molecule has 0 unspecified atom stereocenters. The average molecular weight is 342 g/mol. The van der Waals surface area contributed by atoms with Crippen molar-refractivity contribution in [1.82, 2.24) is 9.97 Å². The maximum absolute atomic E-state index is 5.89. The van der Waals surface area contributed by atoms with E-state index in [1.807, 2.05) is 72.8 Å². The molecule has 4 rings (SSSR count). The summed E-state index contributed by atoms with van der Waals surface area (Å²) >= 11 is 0. The molecule has 3 aromatic carbocycles. The summed E-state index contributed by atoms with van der Waals surface area (Å²) in [6.07, 6.45) is 2.30. The molecule has 0 spiro atoms. The van der Waals surface area contributed by atoms with E-state index in [4.69, 9.17) is 9.47 Å². The first kappa shape index (κ1) is 16.1. The van der Waals surface area contributed by atoms with Crippen LogP contribution in [0.15, 0.2) is 85.2 Å². The summed E-state index contributed by atoms with van der Waals surface area (Å²) in [6, 6.07) is 25.7. The number of hydrogen-bond donors (Lipinski definition) is 0. The van der Waals surface area contributed by atoms with E-state index in [1.165, 1.54) is 6.33 Å². The van der Waals surface area contributed by atoms with Gasteiger partial charge in [0.15, 0.2) is 0 Å². The summed E-state index contributed by atoms with van der Waals surface area (Å²) in [5.74, 6) is 2.27. The predicted molar refractivity (Wildman–Crippen MR) is 102 cm³/mol. The highest BCUT2D eigenvalue weighted by Crippen LogP contribution is 2.23. The van der Waals surface area contributed by atoms with E-state index in [0.29, 0.717) is 12.5 Å². The first-order valence-electron chi connectivity index (χ1n) is 8.53. The van der Waals surface area contributed by atoms with Crippen LogP contribution in [0, 0.1) is 0 Å². The lowest BCUT2D eigenvalue weighted by atomic mass is 10.1. The van der Waals surface area contributed by atoms with Crippen molar-refractivity contribution < 1.29 is 9.47 Å². The van der Waals surface area contributed by atoms with Crippen molar-refractivity contribution in [1.29, 1.82) is 0 Å². The van der Waals surface area contributed by atoms with Gasteiger partial charge in [0.05, 0.1) is 17.5 Å². The summed E-state index contributed by atoms with van der Waals surface area (Å²) in [6.45, 7) is 0.537. The molecule has 0 aliphatic carbocycles. The van der Waals surface area contributed by atoms with Gasteiger partial charge in [-0.25, -0.2) is 9.97 Å². The molecule has 0 fully saturated rings. The molecule has 0 amide bonds. The van der Waals surface area contributed by atoms with Crippen LogP contribution < -0.4 is 9.47 Å². The molecular formula is C22H18N2O2. The second-order valence-electron chi connectivity index (χ2n) is 5.86. The van der Waals surface area contributed by atoms with E-state index < -0.39 is 0 Å². The third-order valence-corrected chi connectivity index (χ3v) is 4.01. The third-order valence-electron chi connectivity index (χ3n) is 4.01. The summed E-state index contributed by atoms with van der Waals surface area (Å²) in [7, 11) is 0. The molecular weight excluding hydrogens is 324 g/mol. The number of ether oxygens (including phenoxy) is 2. The van der Waals surface area contributed by atoms with Gasteiger partial charge in [-0.2, -0.15) is 0 Å². The molecule has 0 bridgehead atoms. The molecule has 0 atom stereocenters. The molecule has 0 aliphatic heterocycles. The fourth-order valence-electron chi connectivity index (χ4n) is 2.75. The van der Waals surface area contributed by atoms with Crippen molar-refractivity contribution in [3.8, 4) is 17.4 Å². The van der Waals surface area contributed by atoms with Gasteiger partial charge < -0.3 is 9.47 Å². The van der Waals surface area contributed by atoms with Gasteiger partial charge >= 0.3 is 0 Å². The Morgan fingerprint density at radius 2 is 1.54 bits per heavy atom. The van der Waals surface area contributed by atoms with E-state index in [2.05, 4.69) is 16.0 Å². The third kappa shape index (κ3) is 3.81. The Morgan fingerprint density at radius 3 is 2.46 bits per heavy atom. The quantitative estimate of drug-likeness (QED) is 0.492. The molecule has 128 valence electrons. The maximum atomic E-state index is 5.89. The van der Waals surface area contributed by atoms with Crippen molar-refractivity contribution in [2.24, 2.45) is 0 Å². The Kier molecular flexibility index (Phi) is 4.74. The Balaban J connectivity index is 1.41. The Labute approximate surface area is 152 Å². The first-order valence-corrected chi connectivity index (χ1v) is 8.53. The van der Waals surface area contributed by atoms with E-state index in [-0.39, 0.29) is 0 Å². The minimum atomic E-state index is 0.537. The van der Waals surface area contributed by atoms with Crippen LogP contribution in [-0.4, -0.2) is 16.6 Å². The van der Waals surface area contributed by atoms with Gasteiger partial charge in [0.2, 0.25) is 5.88 Å². The zero-order valence-corrected chi connectivity index (χ0v) is 14.2. The van der Waals surface area contributed by atoms with Gasteiger partial charge in [-0.15, -0.1) is 0 Å². The van der Waals surface area contributed by atoms with Crippen molar-refractivity contribution >= 4 is 10.9 Å². The zero-order chi connectivity index (χ0) is 17.6. The number of para-hydroxylation sites is 2. The van der Waals surface area contributed by atoms with E-state index in [1.54, 1.807) is 0 Å². The van der Waals surface area contributed by atoms with E-state index in [0.717, 1.165) is 34.4 Å². The van der Waals surface area contributed by atoms with Crippen molar-refractivity contribution in [2.75, 3.05) is 6.61 Å². The van der Waals surface area contributed by atoms with Crippen LogP contribution in [0.5, 0.6) is 17.4 Å². The Bertz CT molecular complexity index is 998. The molecule has 0 N–H and O–H groups in total. The van der Waals surface area contributed by atoms with Gasteiger partial charge in [0, 0.05) is 6.42 Å². The number of fused-ring (bicyclic) bond motifs is 1. The van der Waals surface area contributed by atoms with Crippen LogP contribution in [0.1, 0.15) is 5.56 Å². The second kappa shape index (κ2) is 7.66. The standard InChI is InChI=1S/C22H18N2O2/c1-2-8-18(9-3-1)26-19-10-6-7-17(15-19)13-14-25-22-20-11-4-5-12-21(20)23-16-24-22/h1-12,15-16H,13-14H2. The lowest BCUT2D eigenvalue weighted by Gasteiger charge is -2.09. The number of aromatic nitrogens is 2. The van der Waals surface area contributed by atoms with Crippen molar-refractivity contribution in [3.05, 3.63) is 90.8 Å². The molecule has 4 nitrogen and oxygen atoms in total. The van der Waals surface area contributed by atoms with Crippen molar-refractivity contribution in [2.45, 2.75) is 6.42 Å². The highest BCUT2D eigenvalue weighted by Gasteiger charge is 2.05. The second-order valence-corrected chi connectivity index (χ2v) is 5.86. The summed E-state index contributed by atoms with van der Waals surface area (Å²) in [5.41, 5.74) is 2.03. The van der Waals surface area contributed by atoms with Gasteiger partial charge in [0.1, 0.15) is 17.8 Å². The lowest BCUT2D eigenvalue weighted by Crippen LogP contribution is -2.03. The molecule has 4 heteroatoms. The molecule has 1 heterocycles. The SMILES string of the molecule is c1ccc(Oc2cccc(CCOc3ncnc4ccccc34)c2)cc1. The predicted octanol–water partition coefficient (Wildman–Crippen LogP) is 5.04. The Hall–Kier alpha value is -3.40. The molecule has 4 aromatic rings. The molecule has 26 heavy (non-hydrogen) atoms. The van der Waals surface area contributed by atoms with Gasteiger partial charge in [-0.1, -0.05) is 42.5 Å². The minimum absolute atomic E-state index is 0.537. The number of nitrogens with zero attached hydrogens (tertiary/aromatic N) is 2. The van der Waals surface area contributed by atoms with Crippen molar-refractivity contribution in [3.63, 3.8) is 0 Å². The monoisotopic (exact) mass is 342 g/mol. The van der Waals surface area contributed by atoms with Gasteiger partial charge in [-0.3, -0.25) is 0 Å². The van der Waals surface area contributed by atoms with Crippen LogP contribution in [-0.2, 0) is 6.42 Å². The Morgan fingerprint density at radius 1 is 0.731 bits per heavy atom. The number of rotatable bonds is 6. The van der Waals surface area contributed by atoms with Crippen LogP contribution in [0.2, 0.25) is 0 Å². The fraction of sp³-hybridized carbons (Fsp3) is 0.0909. The van der Waals surface area contributed by atoms with Gasteiger partial charge in [0.25, 0.3) is 0 Å². The maximum Gasteiger partial charge on any atom is 0.224 e. The molecule has 0 aliphatic rings. The van der Waals surface area contributed by atoms with Gasteiger partial charge in [-0.05, 0) is 42.0 Å². The summed E-state index contributed by atoms with van der Waals surface area (Å²) in [5, 5.41) is 0.927. The summed E-state index contributed by atoms with van der Waals surface area (Å²) < 4.78 is 11.8. The van der Waals surface area contributed by atoms with Crippen LogP contribution >= 0.6 is 0 Å². The normalized spacial score (nSPS) is 10.6. The molecule has 0 saturated heterocycles. The van der Waals surface area contributed by atoms with Crippen LogP contribution in [0.3, 0.4) is 0 Å². The number of benzene rings is 3. The van der Waals surface area contributed by atoms with Crippen LogP contribution in [0.25, 0.3) is 10.9 Å². The van der Waals surface area contributed by atoms with Crippen LogP contribution in [0.4, 0.5) is 0 Å². The lowest BCUT2D eigenvalue weighted by molar-refractivity contribution is 0.313. The largest absolute Gasteiger partial charge is 0.477 e. The summed E-state index contributed by atoms with van der Waals surface area (Å²) in [4.78, 5) is 8.51. The first-order chi connectivity index (χ1) is 12.9. The minimum Gasteiger partial charge on any atom is -0.477 e. The highest BCUT2D eigenvalue weighted by atomic mass is 16.5. The fourth-order valence-corrected chi connectivity index (χ4v) is 2.75. The van der Waals surface area contributed by atoms with E-state index in [9.17, 15) is 0 Å². The average Bonchev–Trinajstić information content (AvgIpc) is 2.69. The molecule has 0 saturated carbocycles. The van der Waals surface area contributed by atoms with E-state index >= 15 is 0 Å². The topological polar surface area (TPSA) is 44.2 Å². The zero-order valence-electron chi connectivity index (χ0n) is 14.2. The smallest absolute Gasteiger partial charge is 0.224 e. The highest BCUT2D eigenvalue weighted by molar-refractivity contribution is 5.82. The molecule has 0 radical (unpaired) electrons. The number of hydrogen-bond acceptors (Lipinski definition) is 4.